The van der Waals surface area contributed by atoms with Crippen LogP contribution in [-0.4, -0.2) is 31.3 Å². The van der Waals surface area contributed by atoms with Gasteiger partial charge in [-0.3, -0.25) is 0 Å². The third kappa shape index (κ3) is 4.82. The van der Waals surface area contributed by atoms with Crippen LogP contribution < -0.4 is 19.5 Å². The van der Waals surface area contributed by atoms with Gasteiger partial charge in [0.1, 0.15) is 12.4 Å². The lowest BCUT2D eigenvalue weighted by Gasteiger charge is -2.19. The van der Waals surface area contributed by atoms with Crippen molar-refractivity contribution in [3.63, 3.8) is 0 Å². The highest BCUT2D eigenvalue weighted by atomic mass is 16.7. The lowest BCUT2D eigenvalue weighted by atomic mass is 10.2. The molecule has 0 unspecified atom stereocenters. The predicted octanol–water partition coefficient (Wildman–Crippen LogP) is 3.62. The Balaban J connectivity index is 1.57. The fourth-order valence-electron chi connectivity index (χ4n) is 2.63. The van der Waals surface area contributed by atoms with Crippen molar-refractivity contribution in [3.05, 3.63) is 48.0 Å². The first-order valence-corrected chi connectivity index (χ1v) is 8.58. The van der Waals surface area contributed by atoms with Crippen LogP contribution in [0, 0.1) is 17.2 Å². The Morgan fingerprint density at radius 3 is 2.93 bits per heavy atom. The summed E-state index contributed by atoms with van der Waals surface area (Å²) in [5, 5.41) is 11.7. The summed E-state index contributed by atoms with van der Waals surface area (Å²) in [6.45, 7) is 2.72. The molecule has 2 amide bonds. The van der Waals surface area contributed by atoms with Crippen LogP contribution in [0.15, 0.2) is 42.5 Å². The topological polar surface area (TPSA) is 83.8 Å². The summed E-state index contributed by atoms with van der Waals surface area (Å²) >= 11 is 0. The van der Waals surface area contributed by atoms with Crippen molar-refractivity contribution >= 4 is 11.7 Å². The zero-order chi connectivity index (χ0) is 19.2. The summed E-state index contributed by atoms with van der Waals surface area (Å²) < 4.78 is 16.4. The molecule has 0 aliphatic carbocycles. The van der Waals surface area contributed by atoms with Gasteiger partial charge in [-0.25, -0.2) is 4.79 Å². The molecule has 0 saturated heterocycles. The Hall–Kier alpha value is -3.40. The molecule has 0 spiro atoms. The van der Waals surface area contributed by atoms with Gasteiger partial charge in [0.05, 0.1) is 12.0 Å². The summed E-state index contributed by atoms with van der Waals surface area (Å²) in [5.41, 5.74) is 1.58. The number of rotatable bonds is 6. The van der Waals surface area contributed by atoms with E-state index in [0.29, 0.717) is 36.1 Å². The van der Waals surface area contributed by atoms with Gasteiger partial charge in [-0.15, -0.1) is 0 Å². The lowest BCUT2D eigenvalue weighted by Crippen LogP contribution is -2.34. The number of hydrogen-bond donors (Lipinski definition) is 1. The van der Waals surface area contributed by atoms with Crippen molar-refractivity contribution in [2.75, 3.05) is 25.7 Å². The minimum atomic E-state index is -0.258. The van der Waals surface area contributed by atoms with E-state index >= 15 is 0 Å². The first-order chi connectivity index (χ1) is 13.0. The highest BCUT2D eigenvalue weighted by Gasteiger charge is 2.14. The number of nitriles is 1. The quantitative estimate of drug-likeness (QED) is 0.843. The zero-order valence-corrected chi connectivity index (χ0v) is 15.3. The van der Waals surface area contributed by atoms with Crippen LogP contribution in [0.2, 0.25) is 0 Å². The molecule has 0 saturated carbocycles. The second kappa shape index (κ2) is 8.32. The van der Waals surface area contributed by atoms with Gasteiger partial charge < -0.3 is 24.4 Å². The van der Waals surface area contributed by atoms with Crippen molar-refractivity contribution in [2.24, 2.45) is 5.92 Å². The van der Waals surface area contributed by atoms with Crippen LogP contribution in [0.5, 0.6) is 17.2 Å². The number of nitrogens with one attached hydrogen (secondary N) is 1. The van der Waals surface area contributed by atoms with Gasteiger partial charge >= 0.3 is 6.03 Å². The van der Waals surface area contributed by atoms with Gasteiger partial charge in [-0.2, -0.15) is 5.26 Å². The van der Waals surface area contributed by atoms with Crippen molar-refractivity contribution in [3.8, 4) is 23.3 Å². The fourth-order valence-corrected chi connectivity index (χ4v) is 2.63. The number of anilines is 1. The van der Waals surface area contributed by atoms with Crippen molar-refractivity contribution < 1.29 is 19.0 Å². The molecule has 1 atom stereocenters. The molecule has 1 N–H and O–H groups in total. The molecule has 2 aromatic rings. The van der Waals surface area contributed by atoms with Crippen LogP contribution in [0.25, 0.3) is 0 Å². The molecule has 2 aromatic carbocycles. The Kier molecular flexibility index (Phi) is 5.67. The fraction of sp³-hybridized carbons (Fsp3) is 0.300. The van der Waals surface area contributed by atoms with E-state index in [1.165, 1.54) is 4.90 Å². The molecular weight excluding hydrogens is 346 g/mol. The Morgan fingerprint density at radius 2 is 2.11 bits per heavy atom. The van der Waals surface area contributed by atoms with E-state index < -0.39 is 0 Å². The number of hydrogen-bond acceptors (Lipinski definition) is 5. The molecule has 0 aromatic heterocycles. The molecule has 0 fully saturated rings. The monoisotopic (exact) mass is 367 g/mol. The number of amides is 2. The molecule has 0 bridgehead atoms. The number of nitrogens with zero attached hydrogens (tertiary/aromatic N) is 2. The third-order valence-corrected chi connectivity index (χ3v) is 4.04. The summed E-state index contributed by atoms with van der Waals surface area (Å²) in [6.07, 6.45) is 0. The van der Waals surface area contributed by atoms with Crippen LogP contribution in [-0.2, 0) is 6.61 Å². The van der Waals surface area contributed by atoms with Gasteiger partial charge in [0, 0.05) is 25.3 Å². The number of carbonyl (C=O) groups excluding carboxylic acids is 1. The SMILES string of the molecule is C[C@H](C#N)CN(C)C(=O)Nc1cccc(COc2ccc3c(c2)OCO3)c1. The summed E-state index contributed by atoms with van der Waals surface area (Å²) in [7, 11) is 1.66. The molecule has 7 heteroatoms. The molecular formula is C20H21N3O4. The van der Waals surface area contributed by atoms with E-state index in [0.717, 1.165) is 5.56 Å². The van der Waals surface area contributed by atoms with Gasteiger partial charge in [-0.05, 0) is 36.8 Å². The second-order valence-corrected chi connectivity index (χ2v) is 6.34. The van der Waals surface area contributed by atoms with Crippen LogP contribution in [0.4, 0.5) is 10.5 Å². The third-order valence-electron chi connectivity index (χ3n) is 4.04. The van der Waals surface area contributed by atoms with E-state index in [9.17, 15) is 4.79 Å². The van der Waals surface area contributed by atoms with E-state index in [1.807, 2.05) is 36.4 Å². The average Bonchev–Trinajstić information content (AvgIpc) is 3.14. The van der Waals surface area contributed by atoms with Gasteiger partial charge in [0.2, 0.25) is 6.79 Å². The highest BCUT2D eigenvalue weighted by molar-refractivity contribution is 5.89. The molecule has 1 aliphatic heterocycles. The van der Waals surface area contributed by atoms with Gasteiger partial charge in [-0.1, -0.05) is 12.1 Å². The first kappa shape index (κ1) is 18.4. The number of benzene rings is 2. The molecule has 1 aliphatic rings. The second-order valence-electron chi connectivity index (χ2n) is 6.34. The minimum Gasteiger partial charge on any atom is -0.489 e. The number of carbonyl (C=O) groups is 1. The Bertz CT molecular complexity index is 863. The predicted molar refractivity (Wildman–Crippen MR) is 99.8 cm³/mol. The van der Waals surface area contributed by atoms with E-state index in [4.69, 9.17) is 19.5 Å². The van der Waals surface area contributed by atoms with E-state index in [1.54, 1.807) is 20.0 Å². The lowest BCUT2D eigenvalue weighted by molar-refractivity contribution is 0.173. The van der Waals surface area contributed by atoms with Gasteiger partial charge in [0.15, 0.2) is 11.5 Å². The number of fused-ring (bicyclic) bond motifs is 1. The summed E-state index contributed by atoms with van der Waals surface area (Å²) in [6, 6.07) is 14.7. The van der Waals surface area contributed by atoms with Crippen LogP contribution in [0.1, 0.15) is 12.5 Å². The highest BCUT2D eigenvalue weighted by Crippen LogP contribution is 2.35. The summed E-state index contributed by atoms with van der Waals surface area (Å²) in [5.74, 6) is 1.84. The maximum atomic E-state index is 12.2. The Morgan fingerprint density at radius 1 is 1.30 bits per heavy atom. The normalized spacial score (nSPS) is 12.8. The molecule has 7 nitrogen and oxygen atoms in total. The Labute approximate surface area is 158 Å². The number of ether oxygens (including phenoxy) is 3. The smallest absolute Gasteiger partial charge is 0.321 e. The summed E-state index contributed by atoms with van der Waals surface area (Å²) in [4.78, 5) is 13.7. The van der Waals surface area contributed by atoms with Crippen LogP contribution in [0.3, 0.4) is 0 Å². The largest absolute Gasteiger partial charge is 0.489 e. The molecule has 140 valence electrons. The zero-order valence-electron chi connectivity index (χ0n) is 15.3. The van der Waals surface area contributed by atoms with E-state index in [-0.39, 0.29) is 18.7 Å². The molecule has 1 heterocycles. The number of urea groups is 1. The molecule has 0 radical (unpaired) electrons. The van der Waals surface area contributed by atoms with Crippen molar-refractivity contribution in [1.29, 1.82) is 5.26 Å². The van der Waals surface area contributed by atoms with Crippen LogP contribution >= 0.6 is 0 Å². The molecule has 27 heavy (non-hydrogen) atoms. The minimum absolute atomic E-state index is 0.220. The maximum Gasteiger partial charge on any atom is 0.321 e. The average molecular weight is 367 g/mol. The standard InChI is InChI=1S/C20H21N3O4/c1-14(10-21)11-23(2)20(24)22-16-5-3-4-15(8-16)12-25-17-6-7-18-19(9-17)27-13-26-18/h3-9,14H,11-13H2,1-2H3,(H,22,24)/t14-/m1/s1. The van der Waals surface area contributed by atoms with E-state index in [2.05, 4.69) is 11.4 Å². The van der Waals surface area contributed by atoms with Crippen molar-refractivity contribution in [2.45, 2.75) is 13.5 Å². The van der Waals surface area contributed by atoms with Gasteiger partial charge in [0.25, 0.3) is 0 Å². The van der Waals surface area contributed by atoms with Crippen molar-refractivity contribution in [1.82, 2.24) is 4.90 Å². The maximum absolute atomic E-state index is 12.2. The first-order valence-electron chi connectivity index (χ1n) is 8.58. The molecule has 3 rings (SSSR count).